The molecule has 0 spiro atoms. The quantitative estimate of drug-likeness (QED) is 0.413. The average Bonchev–Trinajstić information content (AvgIpc) is 3.34. The predicted molar refractivity (Wildman–Crippen MR) is 116 cm³/mol. The lowest BCUT2D eigenvalue weighted by atomic mass is 10.1. The van der Waals surface area contributed by atoms with Crippen molar-refractivity contribution < 1.29 is 19.7 Å². The lowest BCUT2D eigenvalue weighted by Gasteiger charge is -2.16. The van der Waals surface area contributed by atoms with Crippen LogP contribution in [0.3, 0.4) is 0 Å². The van der Waals surface area contributed by atoms with E-state index in [2.05, 4.69) is 32.1 Å². The van der Waals surface area contributed by atoms with Gasteiger partial charge in [0.1, 0.15) is 17.7 Å². The summed E-state index contributed by atoms with van der Waals surface area (Å²) in [5.41, 5.74) is 7.81. The van der Waals surface area contributed by atoms with Crippen LogP contribution in [-0.4, -0.2) is 60.5 Å². The number of aliphatic hydroxyl groups excluding tert-OH is 2. The van der Waals surface area contributed by atoms with Crippen LogP contribution in [0.2, 0.25) is 0 Å². The van der Waals surface area contributed by atoms with Crippen LogP contribution in [0.25, 0.3) is 11.2 Å². The number of likely N-dealkylation sites (N-methyl/N-ethyl adjacent to an activating group) is 1. The lowest BCUT2D eigenvalue weighted by molar-refractivity contribution is -0.137. The number of ether oxygens (including phenoxy) is 1. The highest BCUT2D eigenvalue weighted by Gasteiger charge is 2.47. The Morgan fingerprint density at radius 1 is 1.25 bits per heavy atom. The smallest absolute Gasteiger partial charge is 0.252 e. The molecule has 1 saturated heterocycles. The summed E-state index contributed by atoms with van der Waals surface area (Å²) in [5.74, 6) is 5.78. The van der Waals surface area contributed by atoms with E-state index in [1.165, 1.54) is 16.5 Å². The van der Waals surface area contributed by atoms with Gasteiger partial charge in [-0.2, -0.15) is 0 Å². The molecule has 10 nitrogen and oxygen atoms in total. The minimum Gasteiger partial charge on any atom is -0.387 e. The minimum atomic E-state index is -1.40. The molecule has 2 aromatic heterocycles. The van der Waals surface area contributed by atoms with Crippen LogP contribution < -0.4 is 11.1 Å². The summed E-state index contributed by atoms with van der Waals surface area (Å²) in [5, 5.41) is 23.4. The molecule has 1 aromatic carbocycles. The molecule has 1 aliphatic heterocycles. The van der Waals surface area contributed by atoms with Gasteiger partial charge in [0.25, 0.3) is 5.91 Å². The van der Waals surface area contributed by atoms with E-state index in [1.54, 1.807) is 6.92 Å². The monoisotopic (exact) mass is 436 g/mol. The Balaban J connectivity index is 1.57. The molecule has 0 radical (unpaired) electrons. The van der Waals surface area contributed by atoms with Crippen LogP contribution in [0.4, 0.5) is 5.82 Å². The molecular formula is C22H24N6O4. The van der Waals surface area contributed by atoms with Crippen molar-refractivity contribution in [1.29, 1.82) is 0 Å². The first-order valence-electron chi connectivity index (χ1n) is 10.3. The number of nitrogens with zero attached hydrogens (tertiary/aromatic N) is 4. The second kappa shape index (κ2) is 9.32. The van der Waals surface area contributed by atoms with Crippen molar-refractivity contribution in [1.82, 2.24) is 24.8 Å². The van der Waals surface area contributed by atoms with Crippen molar-refractivity contribution in [2.45, 2.75) is 44.3 Å². The lowest BCUT2D eigenvalue weighted by Crippen LogP contribution is -2.42. The molecule has 0 saturated carbocycles. The second-order valence-electron chi connectivity index (χ2n) is 7.37. The number of nitrogen functional groups attached to an aromatic ring is 1. The number of hydrogen-bond donors (Lipinski definition) is 4. The summed E-state index contributed by atoms with van der Waals surface area (Å²) in [6.07, 6.45) is -2.26. The summed E-state index contributed by atoms with van der Waals surface area (Å²) < 4.78 is 7.08. The number of aryl methyl sites for hydroxylation is 1. The summed E-state index contributed by atoms with van der Waals surface area (Å²) in [6.45, 7) is 2.12. The van der Waals surface area contributed by atoms with Crippen LogP contribution >= 0.6 is 0 Å². The largest absolute Gasteiger partial charge is 0.387 e. The number of benzene rings is 1. The van der Waals surface area contributed by atoms with Crippen molar-refractivity contribution in [3.63, 3.8) is 0 Å². The molecule has 3 aromatic rings. The molecule has 5 N–H and O–H groups in total. The first-order valence-corrected chi connectivity index (χ1v) is 10.3. The maximum Gasteiger partial charge on any atom is 0.252 e. The van der Waals surface area contributed by atoms with E-state index in [-0.39, 0.29) is 17.3 Å². The zero-order valence-electron chi connectivity index (χ0n) is 17.5. The van der Waals surface area contributed by atoms with E-state index >= 15 is 0 Å². The number of fused-ring (bicyclic) bond motifs is 1. The third kappa shape index (κ3) is 4.27. The summed E-state index contributed by atoms with van der Waals surface area (Å²) in [6, 6.07) is 10.0. The SMILES string of the molecule is CCNC(=O)C1OC(n2cnc3c(N)nc(C#CCCc4ccccc4)nc32)C(O)C1O. The maximum atomic E-state index is 12.1. The van der Waals surface area contributed by atoms with E-state index in [0.717, 1.165) is 6.42 Å². The van der Waals surface area contributed by atoms with Crippen LogP contribution in [0.5, 0.6) is 0 Å². The molecule has 1 aliphatic rings. The zero-order chi connectivity index (χ0) is 22.7. The fraction of sp³-hybridized carbons (Fsp3) is 0.364. The molecular weight excluding hydrogens is 412 g/mol. The van der Waals surface area contributed by atoms with Crippen molar-refractivity contribution in [3.05, 3.63) is 48.0 Å². The average molecular weight is 436 g/mol. The Labute approximate surface area is 184 Å². The van der Waals surface area contributed by atoms with Crippen molar-refractivity contribution in [3.8, 4) is 11.8 Å². The van der Waals surface area contributed by atoms with Crippen LogP contribution in [0.1, 0.15) is 31.0 Å². The first kappa shape index (κ1) is 21.7. The van der Waals surface area contributed by atoms with Gasteiger partial charge in [-0.05, 0) is 24.8 Å². The number of nitrogens with one attached hydrogen (secondary N) is 1. The number of aromatic nitrogens is 4. The predicted octanol–water partition coefficient (Wildman–Crippen LogP) is 0.148. The fourth-order valence-electron chi connectivity index (χ4n) is 3.55. The number of hydrogen-bond acceptors (Lipinski definition) is 8. The van der Waals surface area contributed by atoms with Gasteiger partial charge in [-0.1, -0.05) is 36.3 Å². The van der Waals surface area contributed by atoms with Crippen molar-refractivity contribution in [2.75, 3.05) is 12.3 Å². The number of aliphatic hydroxyl groups is 2. The molecule has 0 aliphatic carbocycles. The van der Waals surface area contributed by atoms with Crippen molar-refractivity contribution in [2.24, 2.45) is 0 Å². The summed E-state index contributed by atoms with van der Waals surface area (Å²) in [4.78, 5) is 24.9. The van der Waals surface area contributed by atoms with E-state index < -0.39 is 30.4 Å². The van der Waals surface area contributed by atoms with Crippen LogP contribution in [0, 0.1) is 11.8 Å². The Hall–Kier alpha value is -3.52. The molecule has 10 heteroatoms. The first-order chi connectivity index (χ1) is 15.5. The van der Waals surface area contributed by atoms with Gasteiger partial charge in [0.15, 0.2) is 23.8 Å². The molecule has 32 heavy (non-hydrogen) atoms. The Bertz CT molecular complexity index is 1170. The normalized spacial score (nSPS) is 22.5. The number of amides is 1. The van der Waals surface area contributed by atoms with E-state index in [0.29, 0.717) is 18.5 Å². The summed E-state index contributed by atoms with van der Waals surface area (Å²) in [7, 11) is 0. The zero-order valence-corrected chi connectivity index (χ0v) is 17.5. The Morgan fingerprint density at radius 2 is 2.03 bits per heavy atom. The third-order valence-electron chi connectivity index (χ3n) is 5.15. The van der Waals surface area contributed by atoms with Crippen LogP contribution in [-0.2, 0) is 16.0 Å². The molecule has 4 rings (SSSR count). The number of carbonyl (C=O) groups excluding carboxylic acids is 1. The minimum absolute atomic E-state index is 0.134. The number of rotatable bonds is 5. The molecule has 0 bridgehead atoms. The van der Waals surface area contributed by atoms with E-state index in [1.807, 2.05) is 30.3 Å². The van der Waals surface area contributed by atoms with Gasteiger partial charge in [0.05, 0.1) is 6.33 Å². The Morgan fingerprint density at radius 3 is 2.78 bits per heavy atom. The van der Waals surface area contributed by atoms with E-state index in [9.17, 15) is 15.0 Å². The van der Waals surface area contributed by atoms with Gasteiger partial charge in [0.2, 0.25) is 5.82 Å². The van der Waals surface area contributed by atoms with Gasteiger partial charge in [-0.15, -0.1) is 0 Å². The van der Waals surface area contributed by atoms with Crippen molar-refractivity contribution >= 4 is 22.9 Å². The molecule has 1 amide bonds. The van der Waals surface area contributed by atoms with Gasteiger partial charge in [-0.3, -0.25) is 9.36 Å². The number of carbonyl (C=O) groups is 1. The third-order valence-corrected chi connectivity index (χ3v) is 5.15. The van der Waals surface area contributed by atoms with Gasteiger partial charge >= 0.3 is 0 Å². The molecule has 4 atom stereocenters. The van der Waals surface area contributed by atoms with E-state index in [4.69, 9.17) is 10.5 Å². The second-order valence-corrected chi connectivity index (χ2v) is 7.37. The number of anilines is 1. The summed E-state index contributed by atoms with van der Waals surface area (Å²) >= 11 is 0. The topological polar surface area (TPSA) is 148 Å². The number of nitrogens with two attached hydrogens (primary N) is 1. The molecule has 166 valence electrons. The maximum absolute atomic E-state index is 12.1. The fourth-order valence-corrected chi connectivity index (χ4v) is 3.55. The van der Waals surface area contributed by atoms with Gasteiger partial charge < -0.3 is 26.0 Å². The Kier molecular flexibility index (Phi) is 6.32. The van der Waals surface area contributed by atoms with Gasteiger partial charge in [0, 0.05) is 13.0 Å². The number of imidazole rings is 1. The highest BCUT2D eigenvalue weighted by Crippen LogP contribution is 2.32. The standard InChI is InChI=1S/C22H24N6O4/c1-2-24-21(31)18-16(29)17(30)22(32-18)28-12-25-15-19(23)26-14(27-20(15)28)11-7-6-10-13-8-4-3-5-9-13/h3-5,8-9,12,16-18,22,29-30H,2,6,10H2,1H3,(H,24,31)(H2,23,26,27). The van der Waals surface area contributed by atoms with Gasteiger partial charge in [-0.25, -0.2) is 15.0 Å². The molecule has 1 fully saturated rings. The molecule has 3 heterocycles. The van der Waals surface area contributed by atoms with Crippen LogP contribution in [0.15, 0.2) is 36.7 Å². The highest BCUT2D eigenvalue weighted by atomic mass is 16.6. The molecule has 4 unspecified atom stereocenters. The highest BCUT2D eigenvalue weighted by molar-refractivity contribution is 5.83.